The van der Waals surface area contributed by atoms with Gasteiger partial charge in [0.15, 0.2) is 0 Å². The van der Waals surface area contributed by atoms with Crippen molar-refractivity contribution in [3.63, 3.8) is 0 Å². The maximum absolute atomic E-state index is 12.2. The van der Waals surface area contributed by atoms with Crippen LogP contribution in [0.2, 0.25) is 0 Å². The van der Waals surface area contributed by atoms with E-state index in [0.29, 0.717) is 19.8 Å². The first kappa shape index (κ1) is 32.0. The molecular formula is C18H38O14P2. The standard InChI is InChI=1S/C18H38O14P2/c1-3-4-5-6-26-7-8-27-9-10-28-11-15(19)12-30-34(24,25)32-18-16(13-29-33(21,22)23)31-14(2)17(18)20/h14-20H,3-13H2,1-2H3,(H,24,25)(H2,21,22,23). The Bertz CT molecular complexity index is 632. The van der Waals surface area contributed by atoms with Gasteiger partial charge in [-0.2, -0.15) is 0 Å². The molecule has 204 valence electrons. The van der Waals surface area contributed by atoms with Gasteiger partial charge in [-0.3, -0.25) is 13.6 Å². The molecule has 0 saturated carbocycles. The second kappa shape index (κ2) is 16.7. The molecule has 1 heterocycles. The maximum atomic E-state index is 12.2. The van der Waals surface area contributed by atoms with Gasteiger partial charge >= 0.3 is 15.6 Å². The molecule has 1 rings (SSSR count). The van der Waals surface area contributed by atoms with Crippen molar-refractivity contribution < 1.29 is 66.5 Å². The lowest BCUT2D eigenvalue weighted by molar-refractivity contribution is -0.0353. The molecule has 0 spiro atoms. The summed E-state index contributed by atoms with van der Waals surface area (Å²) in [5.74, 6) is 0. The summed E-state index contributed by atoms with van der Waals surface area (Å²) in [5, 5.41) is 19.9. The van der Waals surface area contributed by atoms with E-state index in [1.807, 2.05) is 0 Å². The van der Waals surface area contributed by atoms with Crippen LogP contribution in [0.1, 0.15) is 33.1 Å². The van der Waals surface area contributed by atoms with Crippen LogP contribution in [0, 0.1) is 0 Å². The third-order valence-corrected chi connectivity index (χ3v) is 6.08. The van der Waals surface area contributed by atoms with Crippen molar-refractivity contribution in [3.8, 4) is 0 Å². The Morgan fingerprint density at radius 3 is 2.15 bits per heavy atom. The molecule has 0 amide bonds. The Morgan fingerprint density at radius 2 is 1.53 bits per heavy atom. The van der Waals surface area contributed by atoms with E-state index in [1.165, 1.54) is 6.92 Å². The predicted molar refractivity (Wildman–Crippen MR) is 117 cm³/mol. The van der Waals surface area contributed by atoms with Crippen LogP contribution >= 0.6 is 15.6 Å². The fourth-order valence-electron chi connectivity index (χ4n) is 2.88. The highest BCUT2D eigenvalue weighted by Gasteiger charge is 2.47. The second-order valence-corrected chi connectivity index (χ2v) is 10.3. The minimum atomic E-state index is -4.83. The van der Waals surface area contributed by atoms with Gasteiger partial charge in [0.2, 0.25) is 0 Å². The quantitative estimate of drug-likeness (QED) is 0.105. The smallest absolute Gasteiger partial charge is 0.388 e. The van der Waals surface area contributed by atoms with Crippen molar-refractivity contribution in [1.29, 1.82) is 0 Å². The number of unbranched alkanes of at least 4 members (excludes halogenated alkanes) is 2. The first-order valence-corrected chi connectivity index (χ1v) is 14.1. The number of rotatable bonds is 20. The Morgan fingerprint density at radius 1 is 0.912 bits per heavy atom. The SMILES string of the molecule is CCCCCOCCOCCOCC(O)COP(=O)(O)OC1C(COP(=O)(O)O)OC(C)C1O. The van der Waals surface area contributed by atoms with Crippen LogP contribution in [0.4, 0.5) is 0 Å². The normalized spacial score (nSPS) is 26.0. The Balaban J connectivity index is 2.23. The van der Waals surface area contributed by atoms with Crippen LogP contribution in [0.3, 0.4) is 0 Å². The zero-order valence-corrected chi connectivity index (χ0v) is 21.3. The number of phosphoric ester groups is 2. The number of aliphatic hydroxyl groups is 2. The van der Waals surface area contributed by atoms with Crippen molar-refractivity contribution in [2.75, 3.05) is 52.9 Å². The third kappa shape index (κ3) is 14.5. The molecule has 34 heavy (non-hydrogen) atoms. The van der Waals surface area contributed by atoms with Crippen LogP contribution in [0.25, 0.3) is 0 Å². The molecule has 0 bridgehead atoms. The number of aliphatic hydroxyl groups excluding tert-OH is 2. The highest BCUT2D eigenvalue weighted by Crippen LogP contribution is 2.48. The van der Waals surface area contributed by atoms with Gasteiger partial charge in [-0.15, -0.1) is 0 Å². The second-order valence-electron chi connectivity index (χ2n) is 7.65. The number of hydrogen-bond acceptors (Lipinski definition) is 11. The van der Waals surface area contributed by atoms with Gasteiger partial charge in [-0.1, -0.05) is 19.8 Å². The summed E-state index contributed by atoms with van der Waals surface area (Å²) in [6.45, 7) is 4.13. The van der Waals surface area contributed by atoms with E-state index in [4.69, 9.17) is 37.8 Å². The number of phosphoric acid groups is 2. The van der Waals surface area contributed by atoms with Crippen molar-refractivity contribution in [3.05, 3.63) is 0 Å². The largest absolute Gasteiger partial charge is 0.472 e. The molecule has 6 unspecified atom stereocenters. The van der Waals surface area contributed by atoms with E-state index in [2.05, 4.69) is 11.4 Å². The van der Waals surface area contributed by atoms with Gasteiger partial charge < -0.3 is 43.8 Å². The molecule has 16 heteroatoms. The zero-order valence-electron chi connectivity index (χ0n) is 19.5. The third-order valence-electron chi connectivity index (χ3n) is 4.61. The molecule has 1 aliphatic heterocycles. The van der Waals surface area contributed by atoms with E-state index in [-0.39, 0.29) is 19.8 Å². The topological polar surface area (TPSA) is 200 Å². The Labute approximate surface area is 199 Å². The summed E-state index contributed by atoms with van der Waals surface area (Å²) in [7, 11) is -9.60. The summed E-state index contributed by atoms with van der Waals surface area (Å²) in [5.41, 5.74) is 0. The fourth-order valence-corrected chi connectivity index (χ4v) is 4.21. The molecule has 14 nitrogen and oxygen atoms in total. The average molecular weight is 540 g/mol. The van der Waals surface area contributed by atoms with Gasteiger partial charge in [0, 0.05) is 6.61 Å². The predicted octanol–water partition coefficient (Wildman–Crippen LogP) is 0.347. The molecule has 0 aromatic carbocycles. The Kier molecular flexibility index (Phi) is 15.7. The van der Waals surface area contributed by atoms with Gasteiger partial charge in [0.25, 0.3) is 0 Å². The molecule has 0 aromatic rings. The number of hydrogen-bond donors (Lipinski definition) is 5. The molecule has 1 fully saturated rings. The van der Waals surface area contributed by atoms with Crippen LogP contribution in [-0.4, -0.2) is 108 Å². The van der Waals surface area contributed by atoms with E-state index in [0.717, 1.165) is 19.3 Å². The lowest BCUT2D eigenvalue weighted by atomic mass is 10.1. The van der Waals surface area contributed by atoms with Crippen molar-refractivity contribution >= 4 is 15.6 Å². The highest BCUT2D eigenvalue weighted by molar-refractivity contribution is 7.47. The highest BCUT2D eigenvalue weighted by atomic mass is 31.2. The first-order valence-electron chi connectivity index (χ1n) is 11.1. The molecule has 0 aliphatic carbocycles. The van der Waals surface area contributed by atoms with Gasteiger partial charge in [-0.25, -0.2) is 9.13 Å². The summed E-state index contributed by atoms with van der Waals surface area (Å²) < 4.78 is 58.2. The fraction of sp³-hybridized carbons (Fsp3) is 1.00. The maximum Gasteiger partial charge on any atom is 0.472 e. The molecule has 1 aliphatic rings. The summed E-state index contributed by atoms with van der Waals surface area (Å²) in [6.07, 6.45) is -2.91. The zero-order chi connectivity index (χ0) is 25.6. The minimum absolute atomic E-state index is 0.185. The Hall–Kier alpha value is -0.0200. The lowest BCUT2D eigenvalue weighted by Gasteiger charge is -2.23. The summed E-state index contributed by atoms with van der Waals surface area (Å²) in [4.78, 5) is 27.5. The van der Waals surface area contributed by atoms with E-state index < -0.39 is 59.4 Å². The van der Waals surface area contributed by atoms with Gasteiger partial charge in [0.1, 0.15) is 24.4 Å². The van der Waals surface area contributed by atoms with Crippen molar-refractivity contribution in [1.82, 2.24) is 0 Å². The van der Waals surface area contributed by atoms with E-state index >= 15 is 0 Å². The molecule has 0 radical (unpaired) electrons. The average Bonchev–Trinajstić information content (AvgIpc) is 3.01. The lowest BCUT2D eigenvalue weighted by Crippen LogP contribution is -2.36. The monoisotopic (exact) mass is 540 g/mol. The molecular weight excluding hydrogens is 502 g/mol. The minimum Gasteiger partial charge on any atom is -0.388 e. The summed E-state index contributed by atoms with van der Waals surface area (Å²) >= 11 is 0. The molecule has 1 saturated heterocycles. The van der Waals surface area contributed by atoms with E-state index in [9.17, 15) is 24.2 Å². The van der Waals surface area contributed by atoms with Crippen molar-refractivity contribution in [2.24, 2.45) is 0 Å². The van der Waals surface area contributed by atoms with Crippen LogP contribution in [0.5, 0.6) is 0 Å². The van der Waals surface area contributed by atoms with E-state index in [1.54, 1.807) is 0 Å². The van der Waals surface area contributed by atoms with Crippen molar-refractivity contribution in [2.45, 2.75) is 63.6 Å². The van der Waals surface area contributed by atoms with Crippen LogP contribution in [0.15, 0.2) is 0 Å². The first-order chi connectivity index (χ1) is 15.9. The van der Waals surface area contributed by atoms with Crippen LogP contribution in [-0.2, 0) is 41.6 Å². The summed E-state index contributed by atoms with van der Waals surface area (Å²) in [6, 6.07) is 0. The van der Waals surface area contributed by atoms with Gasteiger partial charge in [0.05, 0.1) is 52.4 Å². The number of ether oxygens (including phenoxy) is 4. The van der Waals surface area contributed by atoms with Crippen LogP contribution < -0.4 is 0 Å². The van der Waals surface area contributed by atoms with Gasteiger partial charge in [-0.05, 0) is 13.3 Å². The molecule has 0 aromatic heterocycles. The molecule has 5 N–H and O–H groups in total. The molecule has 6 atom stereocenters.